The first-order valence-corrected chi connectivity index (χ1v) is 7.51. The highest BCUT2D eigenvalue weighted by Crippen LogP contribution is 2.31. The normalized spacial score (nSPS) is 23.4. The van der Waals surface area contributed by atoms with Gasteiger partial charge in [-0.05, 0) is 51.0 Å². The third-order valence-electron chi connectivity index (χ3n) is 4.55. The zero-order chi connectivity index (χ0) is 13.7. The molecule has 19 heavy (non-hydrogen) atoms. The largest absolute Gasteiger partial charge is 0.396 e. The molecule has 2 rings (SSSR count). The summed E-state index contributed by atoms with van der Waals surface area (Å²) in [7, 11) is 0. The molecule has 1 heterocycles. The second-order valence-electron chi connectivity index (χ2n) is 6.41. The Bertz CT molecular complexity index is 374. The molecular weight excluding hydrogens is 234 g/mol. The molecule has 0 amide bonds. The molecule has 0 bridgehead atoms. The number of piperidine rings is 1. The summed E-state index contributed by atoms with van der Waals surface area (Å²) < 4.78 is 0. The van der Waals surface area contributed by atoms with Crippen molar-refractivity contribution in [2.75, 3.05) is 19.7 Å². The predicted molar refractivity (Wildman–Crippen MR) is 80.2 cm³/mol. The van der Waals surface area contributed by atoms with Crippen molar-refractivity contribution in [2.45, 2.75) is 45.1 Å². The molecule has 0 aliphatic carbocycles. The molecule has 1 aromatic rings. The van der Waals surface area contributed by atoms with E-state index < -0.39 is 0 Å². The van der Waals surface area contributed by atoms with Crippen molar-refractivity contribution in [1.29, 1.82) is 0 Å². The third kappa shape index (κ3) is 4.05. The Kier molecular flexibility index (Phi) is 5.00. The molecule has 1 unspecified atom stereocenters. The fourth-order valence-corrected chi connectivity index (χ4v) is 3.09. The smallest absolute Gasteiger partial charge is 0.0434 e. The Morgan fingerprint density at radius 3 is 2.68 bits per heavy atom. The molecule has 0 radical (unpaired) electrons. The minimum Gasteiger partial charge on any atom is -0.396 e. The second-order valence-corrected chi connectivity index (χ2v) is 6.41. The van der Waals surface area contributed by atoms with Crippen LogP contribution in [0.4, 0.5) is 0 Å². The van der Waals surface area contributed by atoms with Crippen molar-refractivity contribution < 1.29 is 5.11 Å². The van der Waals surface area contributed by atoms with Gasteiger partial charge < -0.3 is 5.11 Å². The van der Waals surface area contributed by atoms with Gasteiger partial charge in [0.25, 0.3) is 0 Å². The molecular formula is C17H27NO. The average molecular weight is 261 g/mol. The van der Waals surface area contributed by atoms with Crippen molar-refractivity contribution in [3.05, 3.63) is 35.9 Å². The maximum Gasteiger partial charge on any atom is 0.0434 e. The van der Waals surface area contributed by atoms with Crippen molar-refractivity contribution >= 4 is 0 Å². The standard InChI is InChI=1S/C17H27NO/c1-17(2)11-8-16(10-13-19)14-18(17)12-9-15-6-4-3-5-7-15/h3-7,16,19H,8-14H2,1-2H3. The summed E-state index contributed by atoms with van der Waals surface area (Å²) in [5, 5.41) is 9.12. The Morgan fingerprint density at radius 1 is 1.26 bits per heavy atom. The first-order valence-electron chi connectivity index (χ1n) is 7.51. The monoisotopic (exact) mass is 261 g/mol. The molecule has 1 aliphatic heterocycles. The maximum absolute atomic E-state index is 9.12. The Hall–Kier alpha value is -0.860. The van der Waals surface area contributed by atoms with E-state index in [1.54, 1.807) is 0 Å². The van der Waals surface area contributed by atoms with E-state index in [9.17, 15) is 0 Å². The minimum absolute atomic E-state index is 0.306. The van der Waals surface area contributed by atoms with E-state index in [-0.39, 0.29) is 0 Å². The highest BCUT2D eigenvalue weighted by atomic mass is 16.3. The van der Waals surface area contributed by atoms with Crippen LogP contribution in [0.2, 0.25) is 0 Å². The Morgan fingerprint density at radius 2 is 2.00 bits per heavy atom. The van der Waals surface area contributed by atoms with E-state index in [0.29, 0.717) is 18.1 Å². The van der Waals surface area contributed by atoms with Crippen LogP contribution in [0.25, 0.3) is 0 Å². The SMILES string of the molecule is CC1(C)CCC(CCO)CN1CCc1ccccc1. The molecule has 1 aromatic carbocycles. The summed E-state index contributed by atoms with van der Waals surface area (Å²) in [6, 6.07) is 10.7. The summed E-state index contributed by atoms with van der Waals surface area (Å²) in [6.45, 7) is 7.30. The van der Waals surface area contributed by atoms with Crippen molar-refractivity contribution in [3.8, 4) is 0 Å². The molecule has 106 valence electrons. The Balaban J connectivity index is 1.92. The van der Waals surface area contributed by atoms with Gasteiger partial charge in [-0.1, -0.05) is 30.3 Å². The van der Waals surface area contributed by atoms with Gasteiger partial charge in [0.2, 0.25) is 0 Å². The fourth-order valence-electron chi connectivity index (χ4n) is 3.09. The van der Waals surface area contributed by atoms with Gasteiger partial charge in [0, 0.05) is 25.2 Å². The summed E-state index contributed by atoms with van der Waals surface area (Å²) in [6.07, 6.45) is 4.58. The van der Waals surface area contributed by atoms with Crippen LogP contribution in [0.1, 0.15) is 38.7 Å². The summed E-state index contributed by atoms with van der Waals surface area (Å²) in [5.74, 6) is 0.675. The van der Waals surface area contributed by atoms with Crippen molar-refractivity contribution in [1.82, 2.24) is 4.90 Å². The lowest BCUT2D eigenvalue weighted by molar-refractivity contribution is 0.0385. The van der Waals surface area contributed by atoms with Crippen molar-refractivity contribution in [2.24, 2.45) is 5.92 Å². The lowest BCUT2D eigenvalue weighted by Gasteiger charge is -2.45. The molecule has 0 spiro atoms. The minimum atomic E-state index is 0.306. The molecule has 2 nitrogen and oxygen atoms in total. The predicted octanol–water partition coefficient (Wildman–Crippen LogP) is 3.10. The number of hydrogen-bond acceptors (Lipinski definition) is 2. The topological polar surface area (TPSA) is 23.5 Å². The van der Waals surface area contributed by atoms with E-state index in [0.717, 1.165) is 25.9 Å². The highest BCUT2D eigenvalue weighted by Gasteiger charge is 2.33. The van der Waals surface area contributed by atoms with Crippen LogP contribution >= 0.6 is 0 Å². The van der Waals surface area contributed by atoms with Gasteiger partial charge in [-0.3, -0.25) is 4.90 Å². The van der Waals surface area contributed by atoms with Gasteiger partial charge in [-0.25, -0.2) is 0 Å². The van der Waals surface area contributed by atoms with Crippen LogP contribution in [0.5, 0.6) is 0 Å². The quantitative estimate of drug-likeness (QED) is 0.880. The second kappa shape index (κ2) is 6.53. The van der Waals surface area contributed by atoms with Crippen LogP contribution < -0.4 is 0 Å². The van der Waals surface area contributed by atoms with E-state index in [1.165, 1.54) is 18.4 Å². The number of aliphatic hydroxyl groups is 1. The summed E-state index contributed by atoms with van der Waals surface area (Å²) in [4.78, 5) is 2.61. The number of likely N-dealkylation sites (tertiary alicyclic amines) is 1. The van der Waals surface area contributed by atoms with Crippen LogP contribution in [-0.2, 0) is 6.42 Å². The van der Waals surface area contributed by atoms with E-state index in [2.05, 4.69) is 49.1 Å². The van der Waals surface area contributed by atoms with Crippen LogP contribution in [-0.4, -0.2) is 35.2 Å². The van der Waals surface area contributed by atoms with Gasteiger partial charge in [-0.2, -0.15) is 0 Å². The first-order chi connectivity index (χ1) is 9.12. The van der Waals surface area contributed by atoms with Gasteiger partial charge in [0.05, 0.1) is 0 Å². The van der Waals surface area contributed by atoms with E-state index in [1.807, 2.05) is 0 Å². The molecule has 0 saturated carbocycles. The summed E-state index contributed by atoms with van der Waals surface area (Å²) in [5.41, 5.74) is 1.73. The summed E-state index contributed by atoms with van der Waals surface area (Å²) >= 11 is 0. The number of rotatable bonds is 5. The highest BCUT2D eigenvalue weighted by molar-refractivity contribution is 5.15. The first kappa shape index (κ1) is 14.5. The molecule has 0 aromatic heterocycles. The molecule has 1 atom stereocenters. The molecule has 1 N–H and O–H groups in total. The number of hydrogen-bond donors (Lipinski definition) is 1. The molecule has 2 heteroatoms. The molecule has 1 saturated heterocycles. The van der Waals surface area contributed by atoms with Crippen LogP contribution in [0.3, 0.4) is 0 Å². The van der Waals surface area contributed by atoms with Crippen LogP contribution in [0, 0.1) is 5.92 Å². The van der Waals surface area contributed by atoms with E-state index >= 15 is 0 Å². The van der Waals surface area contributed by atoms with Gasteiger partial charge >= 0.3 is 0 Å². The zero-order valence-electron chi connectivity index (χ0n) is 12.3. The lowest BCUT2D eigenvalue weighted by atomic mass is 9.83. The lowest BCUT2D eigenvalue weighted by Crippen LogP contribution is -2.51. The number of aliphatic hydroxyl groups excluding tert-OH is 1. The third-order valence-corrected chi connectivity index (χ3v) is 4.55. The fraction of sp³-hybridized carbons (Fsp3) is 0.647. The number of nitrogens with zero attached hydrogens (tertiary/aromatic N) is 1. The Labute approximate surface area is 117 Å². The van der Waals surface area contributed by atoms with Crippen molar-refractivity contribution in [3.63, 3.8) is 0 Å². The van der Waals surface area contributed by atoms with Gasteiger partial charge in [-0.15, -0.1) is 0 Å². The van der Waals surface area contributed by atoms with Gasteiger partial charge in [0.1, 0.15) is 0 Å². The molecule has 1 fully saturated rings. The molecule has 1 aliphatic rings. The number of benzene rings is 1. The zero-order valence-corrected chi connectivity index (χ0v) is 12.3. The average Bonchev–Trinajstić information content (AvgIpc) is 2.41. The van der Waals surface area contributed by atoms with Gasteiger partial charge in [0.15, 0.2) is 0 Å². The maximum atomic E-state index is 9.12. The van der Waals surface area contributed by atoms with Crippen LogP contribution in [0.15, 0.2) is 30.3 Å². The van der Waals surface area contributed by atoms with E-state index in [4.69, 9.17) is 5.11 Å².